The van der Waals surface area contributed by atoms with Gasteiger partial charge in [-0.15, -0.1) is 0 Å². The lowest BCUT2D eigenvalue weighted by Gasteiger charge is -2.20. The van der Waals surface area contributed by atoms with Gasteiger partial charge in [0.2, 0.25) is 5.91 Å². The minimum atomic E-state index is -0.366. The maximum Gasteiger partial charge on any atom is 0.337 e. The van der Waals surface area contributed by atoms with E-state index in [-0.39, 0.29) is 17.9 Å². The van der Waals surface area contributed by atoms with Gasteiger partial charge in [0.15, 0.2) is 0 Å². The number of rotatable bonds is 5. The fourth-order valence-electron chi connectivity index (χ4n) is 2.64. The zero-order valence-corrected chi connectivity index (χ0v) is 13.9. The fourth-order valence-corrected chi connectivity index (χ4v) is 2.64. The molecule has 0 saturated carbocycles. The average molecular weight is 316 g/mol. The summed E-state index contributed by atoms with van der Waals surface area (Å²) in [4.78, 5) is 25.7. The van der Waals surface area contributed by atoms with E-state index in [1.807, 2.05) is 0 Å². The molecule has 0 bridgehead atoms. The van der Waals surface area contributed by atoms with E-state index >= 15 is 0 Å². The lowest BCUT2D eigenvalue weighted by atomic mass is 10.1. The Balaban J connectivity index is 1.85. The highest BCUT2D eigenvalue weighted by molar-refractivity contribution is 5.92. The Bertz CT molecular complexity index is 578. The van der Waals surface area contributed by atoms with E-state index in [0.717, 1.165) is 25.1 Å². The Labute approximate surface area is 137 Å². The number of nitrogens with zero attached hydrogens (tertiary/aromatic N) is 1. The van der Waals surface area contributed by atoms with Crippen LogP contribution in [0.2, 0.25) is 0 Å². The lowest BCUT2D eigenvalue weighted by Crippen LogP contribution is -2.37. The van der Waals surface area contributed by atoms with E-state index in [1.54, 1.807) is 30.3 Å². The molecule has 1 aromatic rings. The SMILES string of the molecule is COC(=O)c1ccc(/C=C\C(=O)N[C@@H]2CCN(C(C)C)C2)cc1. The van der Waals surface area contributed by atoms with E-state index in [9.17, 15) is 9.59 Å². The molecule has 1 atom stereocenters. The zero-order chi connectivity index (χ0) is 16.8. The van der Waals surface area contributed by atoms with Gasteiger partial charge in [-0.2, -0.15) is 0 Å². The Kier molecular flexibility index (Phi) is 5.93. The van der Waals surface area contributed by atoms with Gasteiger partial charge >= 0.3 is 5.97 Å². The Morgan fingerprint density at radius 1 is 1.30 bits per heavy atom. The maximum atomic E-state index is 12.0. The Hall–Kier alpha value is -2.14. The number of esters is 1. The number of benzene rings is 1. The molecule has 0 aliphatic carbocycles. The first kappa shape index (κ1) is 17.2. The van der Waals surface area contributed by atoms with Gasteiger partial charge in [-0.05, 0) is 44.0 Å². The van der Waals surface area contributed by atoms with E-state index in [1.165, 1.54) is 13.2 Å². The number of ether oxygens (including phenoxy) is 1. The average Bonchev–Trinajstić information content (AvgIpc) is 3.01. The van der Waals surface area contributed by atoms with Crippen LogP contribution in [0, 0.1) is 0 Å². The van der Waals surface area contributed by atoms with Crippen LogP contribution in [-0.4, -0.2) is 49.1 Å². The van der Waals surface area contributed by atoms with Crippen molar-refractivity contribution in [3.63, 3.8) is 0 Å². The van der Waals surface area contributed by atoms with Gasteiger partial charge in [-0.25, -0.2) is 4.79 Å². The summed E-state index contributed by atoms with van der Waals surface area (Å²) < 4.78 is 4.65. The highest BCUT2D eigenvalue weighted by Crippen LogP contribution is 2.12. The summed E-state index contributed by atoms with van der Waals surface area (Å²) in [5.41, 5.74) is 1.36. The molecular formula is C18H24N2O3. The quantitative estimate of drug-likeness (QED) is 0.667. The molecule has 124 valence electrons. The smallest absolute Gasteiger partial charge is 0.337 e. The van der Waals surface area contributed by atoms with Crippen LogP contribution in [0.25, 0.3) is 6.08 Å². The van der Waals surface area contributed by atoms with Crippen LogP contribution in [0.3, 0.4) is 0 Å². The third-order valence-electron chi connectivity index (χ3n) is 4.06. The third kappa shape index (κ3) is 4.93. The van der Waals surface area contributed by atoms with Crippen LogP contribution in [0.5, 0.6) is 0 Å². The summed E-state index contributed by atoms with van der Waals surface area (Å²) >= 11 is 0. The molecule has 5 heteroatoms. The van der Waals surface area contributed by atoms with Crippen molar-refractivity contribution in [2.75, 3.05) is 20.2 Å². The summed E-state index contributed by atoms with van der Waals surface area (Å²) in [7, 11) is 1.35. The molecule has 1 aromatic carbocycles. The second kappa shape index (κ2) is 7.92. The number of amides is 1. The Morgan fingerprint density at radius 2 is 2.00 bits per heavy atom. The van der Waals surface area contributed by atoms with Crippen molar-refractivity contribution in [1.29, 1.82) is 0 Å². The van der Waals surface area contributed by atoms with Crippen molar-refractivity contribution in [3.8, 4) is 0 Å². The molecule has 5 nitrogen and oxygen atoms in total. The van der Waals surface area contributed by atoms with E-state index in [4.69, 9.17) is 0 Å². The Morgan fingerprint density at radius 3 is 2.57 bits per heavy atom. The van der Waals surface area contributed by atoms with Gasteiger partial charge in [0, 0.05) is 31.2 Å². The van der Waals surface area contributed by atoms with E-state index in [2.05, 4.69) is 28.8 Å². The highest BCUT2D eigenvalue weighted by Gasteiger charge is 2.24. The van der Waals surface area contributed by atoms with Gasteiger partial charge < -0.3 is 10.1 Å². The molecule has 1 aliphatic rings. The van der Waals surface area contributed by atoms with Gasteiger partial charge in [0.1, 0.15) is 0 Å². The fraction of sp³-hybridized carbons (Fsp3) is 0.444. The predicted molar refractivity (Wildman–Crippen MR) is 90.1 cm³/mol. The van der Waals surface area contributed by atoms with Crippen LogP contribution in [0.1, 0.15) is 36.2 Å². The van der Waals surface area contributed by atoms with E-state index < -0.39 is 0 Å². The number of carbonyl (C=O) groups is 2. The summed E-state index contributed by atoms with van der Waals surface area (Å²) in [5, 5.41) is 3.03. The first-order valence-electron chi connectivity index (χ1n) is 7.90. The molecule has 1 N–H and O–H groups in total. The first-order valence-corrected chi connectivity index (χ1v) is 7.90. The number of methoxy groups -OCH3 is 1. The predicted octanol–water partition coefficient (Wildman–Crippen LogP) is 2.09. The van der Waals surface area contributed by atoms with Crippen molar-refractivity contribution < 1.29 is 14.3 Å². The first-order chi connectivity index (χ1) is 11.0. The summed E-state index contributed by atoms with van der Waals surface area (Å²) in [5.74, 6) is -0.452. The summed E-state index contributed by atoms with van der Waals surface area (Å²) in [6.07, 6.45) is 4.27. The van der Waals surface area contributed by atoms with Crippen LogP contribution in [-0.2, 0) is 9.53 Å². The standard InChI is InChI=1S/C18H24N2O3/c1-13(2)20-11-10-16(12-20)19-17(21)9-6-14-4-7-15(8-5-14)18(22)23-3/h4-9,13,16H,10-12H2,1-3H3,(H,19,21)/b9-6-/t16-/m1/s1. The molecular weight excluding hydrogens is 292 g/mol. The lowest BCUT2D eigenvalue weighted by molar-refractivity contribution is -0.117. The number of carbonyl (C=O) groups excluding carboxylic acids is 2. The number of likely N-dealkylation sites (tertiary alicyclic amines) is 1. The molecule has 1 amide bonds. The van der Waals surface area contributed by atoms with Gasteiger partial charge in [0.25, 0.3) is 0 Å². The molecule has 1 aliphatic heterocycles. The van der Waals surface area contributed by atoms with Crippen LogP contribution < -0.4 is 5.32 Å². The zero-order valence-electron chi connectivity index (χ0n) is 13.9. The second-order valence-electron chi connectivity index (χ2n) is 6.03. The number of hydrogen-bond acceptors (Lipinski definition) is 4. The number of hydrogen-bond donors (Lipinski definition) is 1. The normalized spacial score (nSPS) is 18.5. The molecule has 0 aromatic heterocycles. The minimum absolute atomic E-state index is 0.0855. The maximum absolute atomic E-state index is 12.0. The van der Waals surface area contributed by atoms with Crippen LogP contribution in [0.15, 0.2) is 30.3 Å². The van der Waals surface area contributed by atoms with Crippen LogP contribution in [0.4, 0.5) is 0 Å². The molecule has 1 saturated heterocycles. The largest absolute Gasteiger partial charge is 0.465 e. The summed E-state index contributed by atoms with van der Waals surface area (Å²) in [6.45, 7) is 6.27. The van der Waals surface area contributed by atoms with E-state index in [0.29, 0.717) is 11.6 Å². The highest BCUT2D eigenvalue weighted by atomic mass is 16.5. The van der Waals surface area contributed by atoms with Crippen LogP contribution >= 0.6 is 0 Å². The molecule has 1 fully saturated rings. The molecule has 1 heterocycles. The third-order valence-corrected chi connectivity index (χ3v) is 4.06. The van der Waals surface area contributed by atoms with Gasteiger partial charge in [0.05, 0.1) is 12.7 Å². The second-order valence-corrected chi connectivity index (χ2v) is 6.03. The van der Waals surface area contributed by atoms with Crippen molar-refractivity contribution >= 4 is 18.0 Å². The van der Waals surface area contributed by atoms with Crippen molar-refractivity contribution in [2.24, 2.45) is 0 Å². The van der Waals surface area contributed by atoms with Gasteiger partial charge in [-0.1, -0.05) is 12.1 Å². The molecule has 0 spiro atoms. The number of nitrogens with one attached hydrogen (secondary N) is 1. The monoisotopic (exact) mass is 316 g/mol. The molecule has 0 radical (unpaired) electrons. The molecule has 2 rings (SSSR count). The molecule has 23 heavy (non-hydrogen) atoms. The summed E-state index contributed by atoms with van der Waals surface area (Å²) in [6, 6.07) is 7.66. The van der Waals surface area contributed by atoms with Crippen molar-refractivity contribution in [1.82, 2.24) is 10.2 Å². The van der Waals surface area contributed by atoms with Crippen molar-refractivity contribution in [3.05, 3.63) is 41.5 Å². The molecule has 0 unspecified atom stereocenters. The minimum Gasteiger partial charge on any atom is -0.465 e. The van der Waals surface area contributed by atoms with Crippen molar-refractivity contribution in [2.45, 2.75) is 32.4 Å². The topological polar surface area (TPSA) is 58.6 Å². The van der Waals surface area contributed by atoms with Gasteiger partial charge in [-0.3, -0.25) is 9.69 Å².